The lowest BCUT2D eigenvalue weighted by Crippen LogP contribution is -2.21. The predicted octanol–water partition coefficient (Wildman–Crippen LogP) is 2.22. The first-order chi connectivity index (χ1) is 10.6. The number of alkyl halides is 3. The number of benzene rings is 1. The summed E-state index contributed by atoms with van der Waals surface area (Å²) >= 11 is 0. The lowest BCUT2D eigenvalue weighted by Gasteiger charge is -2.10. The predicted molar refractivity (Wildman–Crippen MR) is 72.5 cm³/mol. The SMILES string of the molecule is NC(=O)Nc1cn(-c2ccc(C(F)(F)F)c(F)c2)cc1C(N)=O. The summed E-state index contributed by atoms with van der Waals surface area (Å²) in [7, 11) is 0. The molecule has 5 N–H and O–H groups in total. The van der Waals surface area contributed by atoms with Crippen LogP contribution in [-0.4, -0.2) is 16.5 Å². The average molecular weight is 330 g/mol. The van der Waals surface area contributed by atoms with E-state index >= 15 is 0 Å². The van der Waals surface area contributed by atoms with Gasteiger partial charge in [0.05, 0.1) is 16.8 Å². The van der Waals surface area contributed by atoms with Crippen LogP contribution in [0.15, 0.2) is 30.6 Å². The van der Waals surface area contributed by atoms with Crippen LogP contribution in [-0.2, 0) is 6.18 Å². The Kier molecular flexibility index (Phi) is 4.00. The minimum Gasteiger partial charge on any atom is -0.365 e. The van der Waals surface area contributed by atoms with E-state index in [-0.39, 0.29) is 16.9 Å². The van der Waals surface area contributed by atoms with Gasteiger partial charge in [0.2, 0.25) is 0 Å². The van der Waals surface area contributed by atoms with Crippen molar-refractivity contribution in [1.29, 1.82) is 0 Å². The van der Waals surface area contributed by atoms with E-state index in [0.717, 1.165) is 16.8 Å². The minimum absolute atomic E-state index is 0.00415. The topological polar surface area (TPSA) is 103 Å². The molecule has 0 aliphatic heterocycles. The van der Waals surface area contributed by atoms with Crippen LogP contribution in [0.1, 0.15) is 15.9 Å². The Labute approximate surface area is 126 Å². The molecule has 3 amide bonds. The average Bonchev–Trinajstić information content (AvgIpc) is 2.80. The molecule has 10 heteroatoms. The van der Waals surface area contributed by atoms with Crippen molar-refractivity contribution >= 4 is 17.6 Å². The first-order valence-corrected chi connectivity index (χ1v) is 6.05. The maximum atomic E-state index is 13.6. The minimum atomic E-state index is -4.82. The molecule has 2 rings (SSSR count). The highest BCUT2D eigenvalue weighted by molar-refractivity contribution is 6.02. The van der Waals surface area contributed by atoms with Gasteiger partial charge in [-0.3, -0.25) is 4.79 Å². The largest absolute Gasteiger partial charge is 0.419 e. The van der Waals surface area contributed by atoms with Gasteiger partial charge in [-0.2, -0.15) is 13.2 Å². The van der Waals surface area contributed by atoms with Crippen LogP contribution in [0, 0.1) is 5.82 Å². The molecule has 1 aromatic heterocycles. The van der Waals surface area contributed by atoms with E-state index in [9.17, 15) is 27.2 Å². The Morgan fingerprint density at radius 2 is 1.78 bits per heavy atom. The van der Waals surface area contributed by atoms with Gasteiger partial charge >= 0.3 is 12.2 Å². The molecule has 6 nitrogen and oxygen atoms in total. The van der Waals surface area contributed by atoms with E-state index < -0.39 is 29.5 Å². The highest BCUT2D eigenvalue weighted by Gasteiger charge is 2.34. The van der Waals surface area contributed by atoms with Gasteiger partial charge < -0.3 is 21.4 Å². The van der Waals surface area contributed by atoms with E-state index in [1.54, 1.807) is 0 Å². The quantitative estimate of drug-likeness (QED) is 0.751. The summed E-state index contributed by atoms with van der Waals surface area (Å²) in [5.41, 5.74) is 8.46. The summed E-state index contributed by atoms with van der Waals surface area (Å²) in [6.07, 6.45) is -2.51. The monoisotopic (exact) mass is 330 g/mol. The summed E-state index contributed by atoms with van der Waals surface area (Å²) < 4.78 is 52.3. The fourth-order valence-corrected chi connectivity index (χ4v) is 1.93. The molecule has 0 spiro atoms. The van der Waals surface area contributed by atoms with E-state index in [1.165, 1.54) is 6.20 Å². The molecule has 2 aromatic rings. The van der Waals surface area contributed by atoms with Gasteiger partial charge in [0, 0.05) is 18.1 Å². The number of aromatic nitrogens is 1. The molecule has 0 saturated carbocycles. The van der Waals surface area contributed by atoms with Crippen LogP contribution in [0.3, 0.4) is 0 Å². The zero-order valence-corrected chi connectivity index (χ0v) is 11.3. The van der Waals surface area contributed by atoms with Gasteiger partial charge in [0.15, 0.2) is 0 Å². The fourth-order valence-electron chi connectivity index (χ4n) is 1.93. The van der Waals surface area contributed by atoms with Crippen LogP contribution >= 0.6 is 0 Å². The number of amides is 3. The van der Waals surface area contributed by atoms with E-state index in [4.69, 9.17) is 11.5 Å². The number of hydrogen-bond acceptors (Lipinski definition) is 2. The second-order valence-electron chi connectivity index (χ2n) is 4.51. The van der Waals surface area contributed by atoms with E-state index in [2.05, 4.69) is 5.32 Å². The Bertz CT molecular complexity index is 783. The van der Waals surface area contributed by atoms with Crippen molar-refractivity contribution in [3.05, 3.63) is 47.5 Å². The molecule has 1 aromatic carbocycles. The van der Waals surface area contributed by atoms with Crippen LogP contribution in [0.4, 0.5) is 28.0 Å². The number of nitrogens with zero attached hydrogens (tertiary/aromatic N) is 1. The summed E-state index contributed by atoms with van der Waals surface area (Å²) in [6, 6.07) is 1.24. The number of hydrogen-bond donors (Lipinski definition) is 3. The lowest BCUT2D eigenvalue weighted by atomic mass is 10.2. The highest BCUT2D eigenvalue weighted by Crippen LogP contribution is 2.32. The maximum absolute atomic E-state index is 13.6. The Balaban J connectivity index is 2.48. The molecule has 0 atom stereocenters. The number of anilines is 1. The van der Waals surface area contributed by atoms with Crippen molar-refractivity contribution in [2.24, 2.45) is 11.5 Å². The molecule has 0 radical (unpaired) electrons. The lowest BCUT2D eigenvalue weighted by molar-refractivity contribution is -0.140. The van der Waals surface area contributed by atoms with Crippen molar-refractivity contribution in [3.63, 3.8) is 0 Å². The molecule has 122 valence electrons. The normalized spacial score (nSPS) is 11.3. The number of rotatable bonds is 3. The van der Waals surface area contributed by atoms with Crippen LogP contribution in [0.25, 0.3) is 5.69 Å². The van der Waals surface area contributed by atoms with Crippen molar-refractivity contribution < 1.29 is 27.2 Å². The number of carbonyl (C=O) groups is 2. The molecule has 23 heavy (non-hydrogen) atoms. The van der Waals surface area contributed by atoms with Crippen LogP contribution in [0.2, 0.25) is 0 Å². The third-order valence-electron chi connectivity index (χ3n) is 2.91. The van der Waals surface area contributed by atoms with Gasteiger partial charge in [-0.1, -0.05) is 0 Å². The van der Waals surface area contributed by atoms with E-state index in [1.807, 2.05) is 0 Å². The first-order valence-electron chi connectivity index (χ1n) is 6.05. The smallest absolute Gasteiger partial charge is 0.365 e. The Hall–Kier alpha value is -3.04. The summed E-state index contributed by atoms with van der Waals surface area (Å²) in [5.74, 6) is -2.38. The zero-order valence-electron chi connectivity index (χ0n) is 11.3. The number of carbonyl (C=O) groups excluding carboxylic acids is 2. The number of primary amides is 2. The molecule has 0 aliphatic rings. The third kappa shape index (κ3) is 3.42. The number of halogens is 4. The van der Waals surface area contributed by atoms with E-state index in [0.29, 0.717) is 12.1 Å². The maximum Gasteiger partial charge on any atom is 0.419 e. The van der Waals surface area contributed by atoms with Crippen molar-refractivity contribution in [3.8, 4) is 5.69 Å². The van der Waals surface area contributed by atoms with Gasteiger partial charge in [-0.25, -0.2) is 9.18 Å². The highest BCUT2D eigenvalue weighted by atomic mass is 19.4. The molecular weight excluding hydrogens is 320 g/mol. The fraction of sp³-hybridized carbons (Fsp3) is 0.0769. The van der Waals surface area contributed by atoms with Crippen LogP contribution < -0.4 is 16.8 Å². The van der Waals surface area contributed by atoms with Crippen molar-refractivity contribution in [2.75, 3.05) is 5.32 Å². The number of nitrogens with one attached hydrogen (secondary N) is 1. The third-order valence-corrected chi connectivity index (χ3v) is 2.91. The van der Waals surface area contributed by atoms with Gasteiger partial charge in [-0.05, 0) is 18.2 Å². The molecule has 0 saturated heterocycles. The van der Waals surface area contributed by atoms with Crippen molar-refractivity contribution in [1.82, 2.24) is 4.57 Å². The standard InChI is InChI=1S/C13H10F4N4O2/c14-9-3-6(1-2-8(9)13(15,16)17)21-4-7(11(18)22)10(5-21)20-12(19)23/h1-5H,(H2,18,22)(H3,19,20,23). The van der Waals surface area contributed by atoms with Gasteiger partial charge in [-0.15, -0.1) is 0 Å². The second kappa shape index (κ2) is 5.63. The van der Waals surface area contributed by atoms with Gasteiger partial charge in [0.25, 0.3) is 5.91 Å². The van der Waals surface area contributed by atoms with Crippen molar-refractivity contribution in [2.45, 2.75) is 6.18 Å². The Morgan fingerprint density at radius 1 is 1.13 bits per heavy atom. The molecule has 0 unspecified atom stereocenters. The second-order valence-corrected chi connectivity index (χ2v) is 4.51. The zero-order chi connectivity index (χ0) is 17.4. The molecular formula is C13H10F4N4O2. The summed E-state index contributed by atoms with van der Waals surface area (Å²) in [5, 5.41) is 2.14. The molecule has 0 bridgehead atoms. The number of urea groups is 1. The van der Waals surface area contributed by atoms with Crippen LogP contribution in [0.5, 0.6) is 0 Å². The molecule has 0 fully saturated rings. The van der Waals surface area contributed by atoms with Gasteiger partial charge in [0.1, 0.15) is 5.82 Å². The Morgan fingerprint density at radius 3 is 2.26 bits per heavy atom. The molecule has 0 aliphatic carbocycles. The summed E-state index contributed by atoms with van der Waals surface area (Å²) in [6.45, 7) is 0. The summed E-state index contributed by atoms with van der Waals surface area (Å²) in [4.78, 5) is 22.2. The molecule has 1 heterocycles. The number of nitrogens with two attached hydrogens (primary N) is 2. The first kappa shape index (κ1) is 16.3.